The van der Waals surface area contributed by atoms with Gasteiger partial charge in [0.1, 0.15) is 24.0 Å². The van der Waals surface area contributed by atoms with Gasteiger partial charge in [0, 0.05) is 18.5 Å². The Kier molecular flexibility index (Phi) is 8.48. The second-order valence-corrected chi connectivity index (χ2v) is 12.2. The van der Waals surface area contributed by atoms with Crippen molar-refractivity contribution in [1.82, 2.24) is 29.7 Å². The van der Waals surface area contributed by atoms with Gasteiger partial charge in [0.05, 0.1) is 36.6 Å². The number of pyridine rings is 1. The van der Waals surface area contributed by atoms with Gasteiger partial charge in [-0.15, -0.1) is 10.2 Å². The van der Waals surface area contributed by atoms with Crippen LogP contribution in [0.4, 0.5) is 5.95 Å². The summed E-state index contributed by atoms with van der Waals surface area (Å²) in [6.07, 6.45) is 1.46. The van der Waals surface area contributed by atoms with Crippen LogP contribution in [0.25, 0.3) is 11.4 Å². The molecular weight excluding hydrogens is 586 g/mol. The van der Waals surface area contributed by atoms with Crippen molar-refractivity contribution in [2.75, 3.05) is 25.5 Å². The monoisotopic (exact) mass is 615 g/mol. The summed E-state index contributed by atoms with van der Waals surface area (Å²) in [5.74, 6) is 1.83. The molecule has 13 nitrogen and oxygen atoms in total. The van der Waals surface area contributed by atoms with Crippen LogP contribution in [0, 0.1) is 0 Å². The number of sulfonamides is 1. The average molecular weight is 616 g/mol. The second kappa shape index (κ2) is 12.1. The van der Waals surface area contributed by atoms with Crippen molar-refractivity contribution in [2.24, 2.45) is 0 Å². The Balaban J connectivity index is 1.59. The molecule has 4 aromatic rings. The fraction of sp³-hybridized carbons (Fsp3) is 0.370. The van der Waals surface area contributed by atoms with Crippen LogP contribution >= 0.6 is 11.6 Å². The Labute approximate surface area is 248 Å². The molecule has 0 aliphatic carbocycles. The van der Waals surface area contributed by atoms with E-state index in [0.29, 0.717) is 39.5 Å². The van der Waals surface area contributed by atoms with Crippen LogP contribution in [-0.4, -0.2) is 70.3 Å². The highest BCUT2D eigenvalue weighted by molar-refractivity contribution is 7.93. The maximum Gasteiger partial charge on any atom is 0.240 e. The van der Waals surface area contributed by atoms with Crippen LogP contribution < -0.4 is 18.9 Å². The second-order valence-electron chi connectivity index (χ2n) is 9.70. The van der Waals surface area contributed by atoms with E-state index in [0.717, 1.165) is 0 Å². The third-order valence-corrected chi connectivity index (χ3v) is 8.48. The molecule has 0 spiro atoms. The SMILES string of the molecule is COc1cccc([C@@H]2COc3c(OC)cccc3-c3nnc(NS(=O)(=O)[C@@H](C)[C@@H](OC(C)C)c4ncc(Cl)cn4)n32)n1. The van der Waals surface area contributed by atoms with Gasteiger partial charge in [-0.05, 0) is 39.0 Å². The average Bonchev–Trinajstić information content (AvgIpc) is 3.29. The molecule has 42 heavy (non-hydrogen) atoms. The molecule has 1 aliphatic rings. The highest BCUT2D eigenvalue weighted by atomic mass is 35.5. The molecule has 0 bridgehead atoms. The van der Waals surface area contributed by atoms with E-state index in [9.17, 15) is 8.42 Å². The molecule has 0 saturated heterocycles. The number of methoxy groups -OCH3 is 2. The summed E-state index contributed by atoms with van der Waals surface area (Å²) >= 11 is 5.96. The molecule has 4 heterocycles. The normalized spacial score (nSPS) is 16.0. The summed E-state index contributed by atoms with van der Waals surface area (Å²) < 4.78 is 55.1. The van der Waals surface area contributed by atoms with Crippen LogP contribution in [-0.2, 0) is 14.8 Å². The molecule has 1 aromatic carbocycles. The van der Waals surface area contributed by atoms with Crippen LogP contribution in [0.3, 0.4) is 0 Å². The fourth-order valence-electron chi connectivity index (χ4n) is 4.55. The lowest BCUT2D eigenvalue weighted by Gasteiger charge is -2.26. The van der Waals surface area contributed by atoms with Gasteiger partial charge < -0.3 is 18.9 Å². The van der Waals surface area contributed by atoms with Crippen LogP contribution in [0.15, 0.2) is 48.8 Å². The summed E-state index contributed by atoms with van der Waals surface area (Å²) in [4.78, 5) is 13.0. The van der Waals surface area contributed by atoms with E-state index < -0.39 is 27.4 Å². The maximum absolute atomic E-state index is 13.9. The Morgan fingerprint density at radius 2 is 1.79 bits per heavy atom. The number of hydrogen-bond acceptors (Lipinski definition) is 11. The quantitative estimate of drug-likeness (QED) is 0.274. The zero-order valence-corrected chi connectivity index (χ0v) is 25.1. The molecule has 0 saturated carbocycles. The van der Waals surface area contributed by atoms with E-state index >= 15 is 0 Å². The van der Waals surface area contributed by atoms with E-state index in [1.807, 2.05) is 0 Å². The summed E-state index contributed by atoms with van der Waals surface area (Å²) in [7, 11) is -1.11. The lowest BCUT2D eigenvalue weighted by Crippen LogP contribution is -2.35. The van der Waals surface area contributed by atoms with Crippen LogP contribution in [0.2, 0.25) is 5.02 Å². The summed E-state index contributed by atoms with van der Waals surface area (Å²) in [5, 5.41) is 7.82. The number of nitrogens with one attached hydrogen (secondary N) is 1. The number of benzene rings is 1. The van der Waals surface area contributed by atoms with Crippen molar-refractivity contribution >= 4 is 27.6 Å². The van der Waals surface area contributed by atoms with Crippen molar-refractivity contribution < 1.29 is 27.4 Å². The molecule has 5 rings (SSSR count). The van der Waals surface area contributed by atoms with Crippen molar-refractivity contribution in [3.63, 3.8) is 0 Å². The van der Waals surface area contributed by atoms with Gasteiger partial charge in [-0.2, -0.15) is 0 Å². The predicted molar refractivity (Wildman–Crippen MR) is 154 cm³/mol. The number of ether oxygens (including phenoxy) is 4. The summed E-state index contributed by atoms with van der Waals surface area (Å²) in [6.45, 7) is 5.18. The Morgan fingerprint density at radius 1 is 1.05 bits per heavy atom. The lowest BCUT2D eigenvalue weighted by atomic mass is 10.1. The minimum absolute atomic E-state index is 0.0361. The van der Waals surface area contributed by atoms with Crippen LogP contribution in [0.5, 0.6) is 17.4 Å². The van der Waals surface area contributed by atoms with Gasteiger partial charge in [0.2, 0.25) is 21.9 Å². The van der Waals surface area contributed by atoms with Crippen molar-refractivity contribution in [1.29, 1.82) is 0 Å². The fourth-order valence-corrected chi connectivity index (χ4v) is 5.74. The number of nitrogens with zero attached hydrogens (tertiary/aromatic N) is 6. The maximum atomic E-state index is 13.9. The zero-order valence-electron chi connectivity index (χ0n) is 23.6. The highest BCUT2D eigenvalue weighted by Gasteiger charge is 2.37. The molecule has 15 heteroatoms. The summed E-state index contributed by atoms with van der Waals surface area (Å²) in [6, 6.07) is 10.0. The topological polar surface area (TPSA) is 152 Å². The van der Waals surface area contributed by atoms with E-state index in [4.69, 9.17) is 30.5 Å². The first-order valence-electron chi connectivity index (χ1n) is 13.0. The van der Waals surface area contributed by atoms with E-state index in [1.54, 1.807) is 54.8 Å². The molecular formula is C27H30ClN7O6S. The van der Waals surface area contributed by atoms with Crippen molar-refractivity contribution in [3.8, 4) is 28.8 Å². The number of hydrogen-bond donors (Lipinski definition) is 1. The van der Waals surface area contributed by atoms with Gasteiger partial charge in [-0.1, -0.05) is 23.7 Å². The third kappa shape index (κ3) is 5.82. The minimum atomic E-state index is -4.16. The van der Waals surface area contributed by atoms with E-state index in [-0.39, 0.29) is 24.5 Å². The molecule has 222 valence electrons. The molecule has 0 unspecified atom stereocenters. The molecule has 1 N–H and O–H groups in total. The molecule has 0 fully saturated rings. The largest absolute Gasteiger partial charge is 0.493 e. The number of para-hydroxylation sites is 1. The Morgan fingerprint density at radius 3 is 2.48 bits per heavy atom. The summed E-state index contributed by atoms with van der Waals surface area (Å²) in [5.41, 5.74) is 1.12. The van der Waals surface area contributed by atoms with Gasteiger partial charge in [0.15, 0.2) is 23.1 Å². The number of halogens is 1. The molecule has 1 aliphatic heterocycles. The first kappa shape index (κ1) is 29.5. The first-order chi connectivity index (χ1) is 20.1. The lowest BCUT2D eigenvalue weighted by molar-refractivity contribution is 0.00154. The van der Waals surface area contributed by atoms with Crippen molar-refractivity contribution in [2.45, 2.75) is 44.3 Å². The number of anilines is 1. The van der Waals surface area contributed by atoms with Gasteiger partial charge >= 0.3 is 0 Å². The van der Waals surface area contributed by atoms with Gasteiger partial charge in [-0.25, -0.2) is 23.4 Å². The third-order valence-electron chi connectivity index (χ3n) is 6.59. The molecule has 0 amide bonds. The standard InChI is InChI=1S/C27H30ClN7O6S/c1-15(2)41-23(25-29-12-17(28)13-30-25)16(3)42(36,37)34-27-33-32-26-18-8-6-10-21(38-4)24(18)40-14-20(35(26)27)19-9-7-11-22(31-19)39-5/h6-13,15-16,20,23H,14H2,1-5H3,(H,33,34)/t16-,20-,23+/m0/s1. The highest BCUT2D eigenvalue weighted by Crippen LogP contribution is 2.43. The predicted octanol–water partition coefficient (Wildman–Crippen LogP) is 4.08. The number of rotatable bonds is 10. The molecule has 3 aromatic heterocycles. The number of aromatic nitrogens is 6. The van der Waals surface area contributed by atoms with Gasteiger partial charge in [-0.3, -0.25) is 9.29 Å². The van der Waals surface area contributed by atoms with Crippen molar-refractivity contribution in [3.05, 3.63) is 65.3 Å². The smallest absolute Gasteiger partial charge is 0.240 e. The van der Waals surface area contributed by atoms with Gasteiger partial charge in [0.25, 0.3) is 0 Å². The zero-order chi connectivity index (χ0) is 30.0. The van der Waals surface area contributed by atoms with Crippen LogP contribution in [0.1, 0.15) is 44.4 Å². The van der Waals surface area contributed by atoms with E-state index in [2.05, 4.69) is 29.9 Å². The Bertz CT molecular complexity index is 1670. The van der Waals surface area contributed by atoms with E-state index in [1.165, 1.54) is 33.5 Å². The number of fused-ring (bicyclic) bond motifs is 3. The molecule has 0 radical (unpaired) electrons. The minimum Gasteiger partial charge on any atom is -0.493 e. The molecule has 3 atom stereocenters. The first-order valence-corrected chi connectivity index (χ1v) is 15.0. The Hall–Kier alpha value is -4.01.